The van der Waals surface area contributed by atoms with Crippen LogP contribution in [0.2, 0.25) is 0 Å². The predicted octanol–water partition coefficient (Wildman–Crippen LogP) is 3.27. The van der Waals surface area contributed by atoms with E-state index in [1.54, 1.807) is 0 Å². The van der Waals surface area contributed by atoms with Crippen molar-refractivity contribution in [2.24, 2.45) is 5.92 Å². The van der Waals surface area contributed by atoms with E-state index in [0.717, 1.165) is 38.4 Å². The Morgan fingerprint density at radius 1 is 1.04 bits per heavy atom. The number of rotatable bonds is 6. The van der Waals surface area contributed by atoms with Crippen molar-refractivity contribution in [1.29, 1.82) is 0 Å². The third kappa shape index (κ3) is 4.18. The van der Waals surface area contributed by atoms with Crippen molar-refractivity contribution in [2.75, 3.05) is 37.6 Å². The van der Waals surface area contributed by atoms with Crippen LogP contribution in [0.25, 0.3) is 0 Å². The summed E-state index contributed by atoms with van der Waals surface area (Å²) in [6.45, 7) is 13.5. The summed E-state index contributed by atoms with van der Waals surface area (Å²) in [5.41, 5.74) is 2.68. The van der Waals surface area contributed by atoms with Crippen LogP contribution >= 0.6 is 0 Å². The minimum Gasteiger partial charge on any atom is -0.369 e. The van der Waals surface area contributed by atoms with Crippen LogP contribution < -0.4 is 4.90 Å². The van der Waals surface area contributed by atoms with Gasteiger partial charge in [0, 0.05) is 57.2 Å². The van der Waals surface area contributed by atoms with Crippen LogP contribution in [0.3, 0.4) is 0 Å². The van der Waals surface area contributed by atoms with Gasteiger partial charge >= 0.3 is 0 Å². The molecule has 0 unspecified atom stereocenters. The summed E-state index contributed by atoms with van der Waals surface area (Å²) in [6.07, 6.45) is 4.92. The van der Waals surface area contributed by atoms with Gasteiger partial charge in [-0.15, -0.1) is 0 Å². The standard InChI is InChI=1S/C20H30N4/c1-4-22-11-13-23(14-12-22)19-7-5-18(6-8-19)15-20-21-9-10-24(20)16-17(2)3/h5-10,17H,4,11-16H2,1-3H3. The van der Waals surface area contributed by atoms with Crippen molar-refractivity contribution in [3.05, 3.63) is 48.0 Å². The van der Waals surface area contributed by atoms with E-state index in [0.29, 0.717) is 5.92 Å². The molecule has 4 heteroatoms. The van der Waals surface area contributed by atoms with Crippen LogP contribution in [0, 0.1) is 5.92 Å². The molecule has 0 amide bonds. The number of likely N-dealkylation sites (N-methyl/N-ethyl adjacent to an activating group) is 1. The lowest BCUT2D eigenvalue weighted by molar-refractivity contribution is 0.271. The third-order valence-electron chi connectivity index (χ3n) is 4.85. The fraction of sp³-hybridized carbons (Fsp3) is 0.550. The second kappa shape index (κ2) is 7.84. The van der Waals surface area contributed by atoms with Crippen molar-refractivity contribution in [2.45, 2.75) is 33.7 Å². The Kier molecular flexibility index (Phi) is 5.56. The van der Waals surface area contributed by atoms with E-state index in [1.807, 2.05) is 6.20 Å². The van der Waals surface area contributed by atoms with Crippen LogP contribution in [0.5, 0.6) is 0 Å². The smallest absolute Gasteiger partial charge is 0.113 e. The molecule has 0 bridgehead atoms. The Morgan fingerprint density at radius 3 is 2.38 bits per heavy atom. The highest BCUT2D eigenvalue weighted by atomic mass is 15.3. The van der Waals surface area contributed by atoms with Crippen molar-refractivity contribution >= 4 is 5.69 Å². The quantitative estimate of drug-likeness (QED) is 0.814. The van der Waals surface area contributed by atoms with Crippen LogP contribution in [-0.2, 0) is 13.0 Å². The van der Waals surface area contributed by atoms with Crippen LogP contribution in [0.4, 0.5) is 5.69 Å². The molecule has 2 aromatic rings. The van der Waals surface area contributed by atoms with Gasteiger partial charge in [-0.3, -0.25) is 0 Å². The van der Waals surface area contributed by atoms with Gasteiger partial charge in [0.05, 0.1) is 0 Å². The average molecular weight is 326 g/mol. The highest BCUT2D eigenvalue weighted by molar-refractivity contribution is 5.48. The van der Waals surface area contributed by atoms with Gasteiger partial charge in [-0.2, -0.15) is 0 Å². The third-order valence-corrected chi connectivity index (χ3v) is 4.85. The van der Waals surface area contributed by atoms with Crippen molar-refractivity contribution in [3.63, 3.8) is 0 Å². The molecule has 0 saturated carbocycles. The van der Waals surface area contributed by atoms with E-state index in [2.05, 4.69) is 70.6 Å². The van der Waals surface area contributed by atoms with Gasteiger partial charge in [-0.1, -0.05) is 32.9 Å². The number of aromatic nitrogens is 2. The first kappa shape index (κ1) is 17.0. The summed E-state index contributed by atoms with van der Waals surface area (Å²) in [5, 5.41) is 0. The molecule has 1 aliphatic rings. The van der Waals surface area contributed by atoms with Crippen LogP contribution in [0.1, 0.15) is 32.2 Å². The van der Waals surface area contributed by atoms with Gasteiger partial charge in [0.15, 0.2) is 0 Å². The molecule has 0 radical (unpaired) electrons. The second-order valence-corrected chi connectivity index (χ2v) is 7.15. The van der Waals surface area contributed by atoms with Gasteiger partial charge in [0.2, 0.25) is 0 Å². The first-order valence-corrected chi connectivity index (χ1v) is 9.22. The summed E-state index contributed by atoms with van der Waals surface area (Å²) in [7, 11) is 0. The molecule has 0 spiro atoms. The minimum absolute atomic E-state index is 0.641. The van der Waals surface area contributed by atoms with E-state index < -0.39 is 0 Å². The molecule has 24 heavy (non-hydrogen) atoms. The Bertz CT molecular complexity index is 621. The second-order valence-electron chi connectivity index (χ2n) is 7.15. The molecule has 4 nitrogen and oxygen atoms in total. The summed E-state index contributed by atoms with van der Waals surface area (Å²) in [5.74, 6) is 1.80. The highest BCUT2D eigenvalue weighted by Gasteiger charge is 2.15. The summed E-state index contributed by atoms with van der Waals surface area (Å²) < 4.78 is 2.28. The molecule has 1 saturated heterocycles. The maximum Gasteiger partial charge on any atom is 0.113 e. The molecule has 1 aromatic heterocycles. The predicted molar refractivity (Wildman–Crippen MR) is 101 cm³/mol. The lowest BCUT2D eigenvalue weighted by Gasteiger charge is -2.35. The zero-order valence-electron chi connectivity index (χ0n) is 15.3. The van der Waals surface area contributed by atoms with Crippen LogP contribution in [0.15, 0.2) is 36.7 Å². The Labute approximate surface area is 146 Å². The number of hydrogen-bond donors (Lipinski definition) is 0. The van der Waals surface area contributed by atoms with E-state index >= 15 is 0 Å². The van der Waals surface area contributed by atoms with Gasteiger partial charge in [-0.25, -0.2) is 4.98 Å². The SMILES string of the molecule is CCN1CCN(c2ccc(Cc3nccn3CC(C)C)cc2)CC1. The van der Waals surface area contributed by atoms with Gasteiger partial charge < -0.3 is 14.4 Å². The number of piperazine rings is 1. The molecular formula is C20H30N4. The molecule has 1 aromatic carbocycles. The van der Waals surface area contributed by atoms with E-state index in [1.165, 1.54) is 24.3 Å². The largest absolute Gasteiger partial charge is 0.369 e. The summed E-state index contributed by atoms with van der Waals surface area (Å²) in [4.78, 5) is 9.55. The number of nitrogens with zero attached hydrogens (tertiary/aromatic N) is 4. The first-order valence-electron chi connectivity index (χ1n) is 9.22. The fourth-order valence-electron chi connectivity index (χ4n) is 3.40. The van der Waals surface area contributed by atoms with Crippen molar-refractivity contribution in [3.8, 4) is 0 Å². The molecule has 2 heterocycles. The maximum atomic E-state index is 4.54. The number of hydrogen-bond acceptors (Lipinski definition) is 3. The van der Waals surface area contributed by atoms with Crippen LogP contribution in [-0.4, -0.2) is 47.2 Å². The fourth-order valence-corrected chi connectivity index (χ4v) is 3.40. The van der Waals surface area contributed by atoms with Gasteiger partial charge in [0.25, 0.3) is 0 Å². The molecule has 3 rings (SSSR count). The summed E-state index contributed by atoms with van der Waals surface area (Å²) >= 11 is 0. The van der Waals surface area contributed by atoms with Gasteiger partial charge in [-0.05, 0) is 30.2 Å². The average Bonchev–Trinajstić information content (AvgIpc) is 3.02. The van der Waals surface area contributed by atoms with Crippen molar-refractivity contribution in [1.82, 2.24) is 14.5 Å². The Balaban J connectivity index is 1.62. The zero-order valence-corrected chi connectivity index (χ0v) is 15.3. The topological polar surface area (TPSA) is 24.3 Å². The number of anilines is 1. The highest BCUT2D eigenvalue weighted by Crippen LogP contribution is 2.19. The number of imidazole rings is 1. The number of benzene rings is 1. The zero-order chi connectivity index (χ0) is 16.9. The monoisotopic (exact) mass is 326 g/mol. The van der Waals surface area contributed by atoms with E-state index in [-0.39, 0.29) is 0 Å². The first-order chi connectivity index (χ1) is 11.7. The Hall–Kier alpha value is -1.81. The molecular weight excluding hydrogens is 296 g/mol. The van der Waals surface area contributed by atoms with E-state index in [4.69, 9.17) is 0 Å². The lowest BCUT2D eigenvalue weighted by Crippen LogP contribution is -2.46. The minimum atomic E-state index is 0.641. The van der Waals surface area contributed by atoms with Crippen molar-refractivity contribution < 1.29 is 0 Å². The van der Waals surface area contributed by atoms with Gasteiger partial charge in [0.1, 0.15) is 5.82 Å². The molecule has 1 aliphatic heterocycles. The molecule has 0 atom stereocenters. The Morgan fingerprint density at radius 2 is 1.75 bits per heavy atom. The molecule has 130 valence electrons. The van der Waals surface area contributed by atoms with E-state index in [9.17, 15) is 0 Å². The normalized spacial score (nSPS) is 16.1. The molecule has 0 aliphatic carbocycles. The lowest BCUT2D eigenvalue weighted by atomic mass is 10.1. The summed E-state index contributed by atoms with van der Waals surface area (Å²) in [6, 6.07) is 9.06. The molecule has 0 N–H and O–H groups in total. The molecule has 1 fully saturated rings. The maximum absolute atomic E-state index is 4.54.